The SMILES string of the molecule is CC(C)C(=O)Nc1ccc(C[C@H]2CN(CC(=O)O)CCN(COC=O)Cc3cccc(n3)CN2COC=O)cc1. The van der Waals surface area contributed by atoms with Crippen LogP contribution in [0.5, 0.6) is 0 Å². The minimum atomic E-state index is -0.964. The van der Waals surface area contributed by atoms with Crippen molar-refractivity contribution in [1.29, 1.82) is 0 Å². The number of amides is 1. The fourth-order valence-corrected chi connectivity index (χ4v) is 4.47. The van der Waals surface area contributed by atoms with Gasteiger partial charge in [0.25, 0.3) is 12.9 Å². The molecular formula is C28H37N5O7. The first-order valence-corrected chi connectivity index (χ1v) is 13.1. The summed E-state index contributed by atoms with van der Waals surface area (Å²) < 4.78 is 10.2. The highest BCUT2D eigenvalue weighted by atomic mass is 16.5. The highest BCUT2D eigenvalue weighted by molar-refractivity contribution is 5.92. The van der Waals surface area contributed by atoms with Gasteiger partial charge < -0.3 is 19.9 Å². The number of aliphatic carboxylic acids is 1. The summed E-state index contributed by atoms with van der Waals surface area (Å²) in [4.78, 5) is 56.3. The van der Waals surface area contributed by atoms with Crippen molar-refractivity contribution in [2.45, 2.75) is 39.4 Å². The Labute approximate surface area is 233 Å². The lowest BCUT2D eigenvalue weighted by Gasteiger charge is -2.36. The number of aromatic nitrogens is 1. The number of carbonyl (C=O) groups excluding carboxylic acids is 3. The van der Waals surface area contributed by atoms with Crippen molar-refractivity contribution in [1.82, 2.24) is 19.7 Å². The number of nitrogens with one attached hydrogen (secondary N) is 1. The van der Waals surface area contributed by atoms with E-state index in [4.69, 9.17) is 14.5 Å². The van der Waals surface area contributed by atoms with E-state index in [1.54, 1.807) is 0 Å². The van der Waals surface area contributed by atoms with E-state index in [-0.39, 0.29) is 37.9 Å². The smallest absolute Gasteiger partial charge is 0.317 e. The van der Waals surface area contributed by atoms with Crippen LogP contribution in [0, 0.1) is 5.92 Å². The van der Waals surface area contributed by atoms with Crippen LogP contribution >= 0.6 is 0 Å². The summed E-state index contributed by atoms with van der Waals surface area (Å²) in [5, 5.41) is 12.5. The van der Waals surface area contributed by atoms with E-state index in [0.717, 1.165) is 17.0 Å². The van der Waals surface area contributed by atoms with E-state index < -0.39 is 5.97 Å². The van der Waals surface area contributed by atoms with E-state index in [2.05, 4.69) is 5.32 Å². The molecule has 3 rings (SSSR count). The topological polar surface area (TPSA) is 142 Å². The van der Waals surface area contributed by atoms with Gasteiger partial charge >= 0.3 is 5.97 Å². The molecule has 1 aliphatic heterocycles. The van der Waals surface area contributed by atoms with E-state index in [9.17, 15) is 24.3 Å². The van der Waals surface area contributed by atoms with Gasteiger partial charge in [-0.25, -0.2) is 0 Å². The first-order chi connectivity index (χ1) is 19.3. The first-order valence-electron chi connectivity index (χ1n) is 13.1. The molecule has 12 nitrogen and oxygen atoms in total. The zero-order valence-electron chi connectivity index (χ0n) is 22.9. The van der Waals surface area contributed by atoms with Crippen molar-refractivity contribution >= 4 is 30.5 Å². The molecule has 0 saturated heterocycles. The molecule has 1 amide bonds. The third-order valence-corrected chi connectivity index (χ3v) is 6.54. The molecule has 0 unspecified atom stereocenters. The average molecular weight is 556 g/mol. The standard InChI is InChI=1S/C28H37N5O7/c1-21(2)28(38)30-23-8-6-22(7-9-23)12-26-15-31(16-27(36)37)10-11-32(17-39-19-34)13-24-4-3-5-25(29-24)14-33(26)18-40-20-35/h3-9,19-21,26H,10-18H2,1-2H3,(H,30,38)(H,36,37)/t26-/m0/s1. The van der Waals surface area contributed by atoms with Crippen molar-refractivity contribution < 1.29 is 33.8 Å². The molecular weight excluding hydrogens is 518 g/mol. The predicted molar refractivity (Wildman–Crippen MR) is 146 cm³/mol. The number of nitrogens with zero attached hydrogens (tertiary/aromatic N) is 4. The Morgan fingerprint density at radius 1 is 1.00 bits per heavy atom. The summed E-state index contributed by atoms with van der Waals surface area (Å²) in [6.45, 7) is 6.27. The maximum atomic E-state index is 12.1. The molecule has 0 aliphatic carbocycles. The summed E-state index contributed by atoms with van der Waals surface area (Å²) in [5.41, 5.74) is 3.18. The van der Waals surface area contributed by atoms with Gasteiger partial charge in [0, 0.05) is 50.4 Å². The van der Waals surface area contributed by atoms with Crippen LogP contribution in [0.3, 0.4) is 0 Å². The molecule has 1 aromatic carbocycles. The van der Waals surface area contributed by atoms with Gasteiger partial charge in [-0.3, -0.25) is 38.9 Å². The van der Waals surface area contributed by atoms with Crippen LogP contribution < -0.4 is 5.32 Å². The number of hydrogen-bond acceptors (Lipinski definition) is 10. The Morgan fingerprint density at radius 3 is 2.30 bits per heavy atom. The van der Waals surface area contributed by atoms with E-state index in [1.807, 2.05) is 71.0 Å². The van der Waals surface area contributed by atoms with Crippen molar-refractivity contribution in [2.75, 3.05) is 45.0 Å². The Bertz CT molecular complexity index is 1130. The number of fused-ring (bicyclic) bond motifs is 2. The van der Waals surface area contributed by atoms with Crippen LogP contribution in [0.2, 0.25) is 0 Å². The number of anilines is 1. The molecule has 2 heterocycles. The number of rotatable bonds is 12. The summed E-state index contributed by atoms with van der Waals surface area (Å²) in [5.74, 6) is -1.18. The Balaban J connectivity index is 1.92. The normalized spacial score (nSPS) is 17.3. The number of carbonyl (C=O) groups is 4. The molecule has 0 saturated carbocycles. The van der Waals surface area contributed by atoms with E-state index >= 15 is 0 Å². The number of hydrogen-bond donors (Lipinski definition) is 2. The van der Waals surface area contributed by atoms with E-state index in [1.165, 1.54) is 0 Å². The second-order valence-corrected chi connectivity index (χ2v) is 10.0. The molecule has 12 heteroatoms. The second kappa shape index (κ2) is 15.7. The fourth-order valence-electron chi connectivity index (χ4n) is 4.47. The van der Waals surface area contributed by atoms with Gasteiger partial charge in [-0.1, -0.05) is 32.0 Å². The van der Waals surface area contributed by atoms with Crippen LogP contribution in [0.25, 0.3) is 0 Å². The molecule has 2 aromatic rings. The monoisotopic (exact) mass is 555 g/mol. The minimum absolute atomic E-state index is 0.00279. The number of carboxylic acids is 1. The van der Waals surface area contributed by atoms with Crippen LogP contribution in [0.4, 0.5) is 5.69 Å². The molecule has 1 aromatic heterocycles. The Morgan fingerprint density at radius 2 is 1.65 bits per heavy atom. The average Bonchev–Trinajstić information content (AvgIpc) is 2.92. The van der Waals surface area contributed by atoms with Crippen molar-refractivity contribution in [2.24, 2.45) is 5.92 Å². The minimum Gasteiger partial charge on any atom is -0.480 e. The lowest BCUT2D eigenvalue weighted by molar-refractivity contribution is -0.138. The predicted octanol–water partition coefficient (Wildman–Crippen LogP) is 1.55. The zero-order chi connectivity index (χ0) is 28.9. The lowest BCUT2D eigenvalue weighted by Crippen LogP contribution is -2.49. The van der Waals surface area contributed by atoms with Crippen LogP contribution in [0.15, 0.2) is 42.5 Å². The Hall–Kier alpha value is -3.87. The second-order valence-electron chi connectivity index (χ2n) is 10.0. The summed E-state index contributed by atoms with van der Waals surface area (Å²) in [6.07, 6.45) is 0.522. The quantitative estimate of drug-likeness (QED) is 0.369. The van der Waals surface area contributed by atoms with Crippen LogP contribution in [0.1, 0.15) is 30.8 Å². The third kappa shape index (κ3) is 10.0. The molecule has 1 aliphatic rings. The molecule has 0 radical (unpaired) electrons. The van der Waals surface area contributed by atoms with Gasteiger partial charge in [-0.2, -0.15) is 0 Å². The number of ether oxygens (including phenoxy) is 2. The highest BCUT2D eigenvalue weighted by Crippen LogP contribution is 2.18. The molecule has 216 valence electrons. The number of carboxylic acid groups (broad SMARTS) is 1. The van der Waals surface area contributed by atoms with Crippen molar-refractivity contribution in [3.63, 3.8) is 0 Å². The van der Waals surface area contributed by atoms with Gasteiger partial charge in [0.1, 0.15) is 13.5 Å². The van der Waals surface area contributed by atoms with Crippen molar-refractivity contribution in [3.8, 4) is 0 Å². The van der Waals surface area contributed by atoms with Gasteiger partial charge in [0.15, 0.2) is 0 Å². The van der Waals surface area contributed by atoms with Gasteiger partial charge in [0.05, 0.1) is 17.9 Å². The third-order valence-electron chi connectivity index (χ3n) is 6.54. The van der Waals surface area contributed by atoms with Gasteiger partial charge in [0.2, 0.25) is 5.91 Å². The molecule has 0 spiro atoms. The summed E-state index contributed by atoms with van der Waals surface area (Å²) in [6, 6.07) is 12.9. The first kappa shape index (κ1) is 30.7. The molecule has 40 heavy (non-hydrogen) atoms. The lowest BCUT2D eigenvalue weighted by atomic mass is 10.0. The van der Waals surface area contributed by atoms with Gasteiger partial charge in [-0.05, 0) is 36.2 Å². The number of pyridine rings is 1. The van der Waals surface area contributed by atoms with Crippen LogP contribution in [-0.2, 0) is 48.2 Å². The van der Waals surface area contributed by atoms with E-state index in [0.29, 0.717) is 57.8 Å². The molecule has 1 atom stereocenters. The number of benzene rings is 1. The van der Waals surface area contributed by atoms with Gasteiger partial charge in [-0.15, -0.1) is 0 Å². The summed E-state index contributed by atoms with van der Waals surface area (Å²) in [7, 11) is 0. The highest BCUT2D eigenvalue weighted by Gasteiger charge is 2.26. The summed E-state index contributed by atoms with van der Waals surface area (Å²) >= 11 is 0. The molecule has 2 N–H and O–H groups in total. The van der Waals surface area contributed by atoms with Crippen molar-refractivity contribution in [3.05, 3.63) is 59.4 Å². The van der Waals surface area contributed by atoms with Crippen LogP contribution in [-0.4, -0.2) is 95.3 Å². The largest absolute Gasteiger partial charge is 0.480 e. The zero-order valence-corrected chi connectivity index (χ0v) is 22.9. The Kier molecular flexibility index (Phi) is 12.0. The molecule has 2 bridgehead atoms. The molecule has 0 fully saturated rings. The maximum absolute atomic E-state index is 12.1. The fraction of sp³-hybridized carbons (Fsp3) is 0.464. The maximum Gasteiger partial charge on any atom is 0.317 e.